The van der Waals surface area contributed by atoms with E-state index in [0.29, 0.717) is 0 Å². The molecule has 0 spiro atoms. The molecule has 0 aliphatic rings. The zero-order valence-corrected chi connectivity index (χ0v) is 15.2. The predicted molar refractivity (Wildman–Crippen MR) is 101 cm³/mol. The molecule has 0 amide bonds. The topological polar surface area (TPSA) is 29.5 Å². The van der Waals surface area contributed by atoms with Crippen LogP contribution in [-0.4, -0.2) is 36.0 Å². The smallest absolute Gasteiger partial charge is 0.323 e. The molecule has 0 N–H and O–H groups in total. The van der Waals surface area contributed by atoms with E-state index in [4.69, 9.17) is 4.74 Å². The van der Waals surface area contributed by atoms with E-state index in [2.05, 4.69) is 35.4 Å². The number of esters is 1. The van der Waals surface area contributed by atoms with Gasteiger partial charge >= 0.3 is 5.97 Å². The van der Waals surface area contributed by atoms with Crippen LogP contribution in [0.2, 0.25) is 0 Å². The number of methoxy groups -OCH3 is 1. The van der Waals surface area contributed by atoms with Gasteiger partial charge in [-0.1, -0.05) is 60.7 Å². The van der Waals surface area contributed by atoms with E-state index in [-0.39, 0.29) is 12.0 Å². The summed E-state index contributed by atoms with van der Waals surface area (Å²) in [7, 11) is 1.47. The maximum atomic E-state index is 12.4. The van der Waals surface area contributed by atoms with Gasteiger partial charge in [-0.15, -0.1) is 0 Å². The van der Waals surface area contributed by atoms with Crippen LogP contribution in [0.1, 0.15) is 17.5 Å². The number of nitrogens with zero attached hydrogens (tertiary/aromatic N) is 1. The Morgan fingerprint density at radius 3 is 1.92 bits per heavy atom. The third-order valence-corrected chi connectivity index (χ3v) is 4.61. The predicted octanol–water partition coefficient (Wildman–Crippen LogP) is 3.98. The van der Waals surface area contributed by atoms with Crippen LogP contribution in [0.3, 0.4) is 0 Å². The Balaban J connectivity index is 2.22. The number of benzene rings is 2. The zero-order valence-electron chi connectivity index (χ0n) is 14.4. The summed E-state index contributed by atoms with van der Waals surface area (Å²) in [5.41, 5.74) is 2.40. The molecule has 0 bridgehead atoms. The first kappa shape index (κ1) is 18.6. The van der Waals surface area contributed by atoms with Gasteiger partial charge in [-0.25, -0.2) is 0 Å². The van der Waals surface area contributed by atoms with Crippen LogP contribution in [0.15, 0.2) is 60.7 Å². The fraction of sp³-hybridized carbons (Fsp3) is 0.350. The molecule has 4 heteroatoms. The Hall–Kier alpha value is -1.78. The second-order valence-electron chi connectivity index (χ2n) is 5.70. The Morgan fingerprint density at radius 2 is 1.50 bits per heavy atom. The van der Waals surface area contributed by atoms with Crippen LogP contribution < -0.4 is 0 Å². The number of carbonyl (C=O) groups is 1. The maximum absolute atomic E-state index is 12.4. The van der Waals surface area contributed by atoms with Crippen molar-refractivity contribution < 1.29 is 9.53 Å². The molecule has 0 radical (unpaired) electrons. The monoisotopic (exact) mass is 343 g/mol. The molecule has 0 fully saturated rings. The molecule has 128 valence electrons. The molecule has 2 aromatic rings. The van der Waals surface area contributed by atoms with Crippen molar-refractivity contribution in [1.29, 1.82) is 0 Å². The molecular weight excluding hydrogens is 318 g/mol. The fourth-order valence-corrected chi connectivity index (χ4v) is 3.19. The highest BCUT2D eigenvalue weighted by atomic mass is 32.2. The number of ether oxygens (including phenoxy) is 1. The Kier molecular flexibility index (Phi) is 7.86. The largest absolute Gasteiger partial charge is 0.468 e. The zero-order chi connectivity index (χ0) is 17.2. The molecule has 1 atom stereocenters. The van der Waals surface area contributed by atoms with Crippen molar-refractivity contribution in [3.63, 3.8) is 0 Å². The molecule has 2 aromatic carbocycles. The van der Waals surface area contributed by atoms with Gasteiger partial charge in [0.1, 0.15) is 6.04 Å². The molecule has 0 heterocycles. The van der Waals surface area contributed by atoms with E-state index < -0.39 is 0 Å². The van der Waals surface area contributed by atoms with Gasteiger partial charge in [0.25, 0.3) is 0 Å². The molecule has 3 nitrogen and oxygen atoms in total. The minimum absolute atomic E-state index is 0.157. The lowest BCUT2D eigenvalue weighted by Gasteiger charge is -2.30. The van der Waals surface area contributed by atoms with Crippen molar-refractivity contribution in [2.45, 2.75) is 25.6 Å². The number of carbonyl (C=O) groups excluding carboxylic acids is 1. The van der Waals surface area contributed by atoms with E-state index in [0.717, 1.165) is 25.3 Å². The SMILES string of the molecule is COC(=O)[C@H](CCSC)N(Cc1ccccc1)Cc1ccccc1. The molecule has 0 aromatic heterocycles. The summed E-state index contributed by atoms with van der Waals surface area (Å²) in [5, 5.41) is 0. The standard InChI is InChI=1S/C20H25NO2S/c1-23-20(22)19(13-14-24-2)21(15-17-9-5-3-6-10-17)16-18-11-7-4-8-12-18/h3-12,19H,13-16H2,1-2H3/t19-/m0/s1. The van der Waals surface area contributed by atoms with E-state index in [1.54, 1.807) is 11.8 Å². The van der Waals surface area contributed by atoms with Crippen LogP contribution in [0.25, 0.3) is 0 Å². The number of rotatable bonds is 9. The first-order chi connectivity index (χ1) is 11.7. The van der Waals surface area contributed by atoms with E-state index >= 15 is 0 Å². The summed E-state index contributed by atoms with van der Waals surface area (Å²) in [6.07, 6.45) is 2.85. The number of hydrogen-bond acceptors (Lipinski definition) is 4. The minimum Gasteiger partial charge on any atom is -0.468 e. The van der Waals surface area contributed by atoms with E-state index in [1.807, 2.05) is 36.4 Å². The molecule has 0 unspecified atom stereocenters. The first-order valence-electron chi connectivity index (χ1n) is 8.13. The van der Waals surface area contributed by atoms with E-state index in [1.165, 1.54) is 18.2 Å². The van der Waals surface area contributed by atoms with Crippen LogP contribution in [0.4, 0.5) is 0 Å². The van der Waals surface area contributed by atoms with E-state index in [9.17, 15) is 4.79 Å². The summed E-state index contributed by atoms with van der Waals surface area (Å²) >= 11 is 1.75. The van der Waals surface area contributed by atoms with Crippen LogP contribution in [0, 0.1) is 0 Å². The van der Waals surface area contributed by atoms with Gasteiger partial charge in [0.2, 0.25) is 0 Å². The molecule has 0 aliphatic carbocycles. The maximum Gasteiger partial charge on any atom is 0.323 e. The lowest BCUT2D eigenvalue weighted by molar-refractivity contribution is -0.147. The summed E-state index contributed by atoms with van der Waals surface area (Å²) < 4.78 is 5.08. The third kappa shape index (κ3) is 5.69. The number of hydrogen-bond donors (Lipinski definition) is 0. The quantitative estimate of drug-likeness (QED) is 0.644. The summed E-state index contributed by atoms with van der Waals surface area (Å²) in [6, 6.07) is 20.3. The Morgan fingerprint density at radius 1 is 1.00 bits per heavy atom. The molecule has 0 saturated heterocycles. The van der Waals surface area contributed by atoms with Gasteiger partial charge in [-0.2, -0.15) is 11.8 Å². The van der Waals surface area contributed by atoms with Crippen LogP contribution in [0.5, 0.6) is 0 Å². The molecule has 2 rings (SSSR count). The van der Waals surface area contributed by atoms with Gasteiger partial charge in [-0.05, 0) is 29.6 Å². The molecule has 24 heavy (non-hydrogen) atoms. The Labute approximate surface area is 149 Å². The number of thioether (sulfide) groups is 1. The van der Waals surface area contributed by atoms with Crippen molar-refractivity contribution in [3.8, 4) is 0 Å². The molecular formula is C20H25NO2S. The Bertz CT molecular complexity index is 562. The van der Waals surface area contributed by atoms with Crippen molar-refractivity contribution >= 4 is 17.7 Å². The summed E-state index contributed by atoms with van der Waals surface area (Å²) in [6.45, 7) is 1.45. The molecule has 0 aliphatic heterocycles. The van der Waals surface area contributed by atoms with Crippen molar-refractivity contribution in [2.75, 3.05) is 19.1 Å². The van der Waals surface area contributed by atoms with Crippen LogP contribution >= 0.6 is 11.8 Å². The average Bonchev–Trinajstić information content (AvgIpc) is 2.63. The lowest BCUT2D eigenvalue weighted by atomic mass is 10.1. The van der Waals surface area contributed by atoms with Gasteiger partial charge in [0.05, 0.1) is 7.11 Å². The van der Waals surface area contributed by atoms with Crippen LogP contribution in [-0.2, 0) is 22.6 Å². The van der Waals surface area contributed by atoms with Crippen molar-refractivity contribution in [2.24, 2.45) is 0 Å². The third-order valence-electron chi connectivity index (χ3n) is 3.97. The highest BCUT2D eigenvalue weighted by molar-refractivity contribution is 7.98. The average molecular weight is 343 g/mol. The fourth-order valence-electron chi connectivity index (χ4n) is 2.73. The second-order valence-corrected chi connectivity index (χ2v) is 6.68. The minimum atomic E-state index is -0.233. The molecule has 0 saturated carbocycles. The van der Waals surface area contributed by atoms with Gasteiger partial charge in [0, 0.05) is 13.1 Å². The first-order valence-corrected chi connectivity index (χ1v) is 9.52. The normalized spacial score (nSPS) is 12.1. The van der Waals surface area contributed by atoms with Gasteiger partial charge in [-0.3, -0.25) is 9.69 Å². The van der Waals surface area contributed by atoms with Crippen molar-refractivity contribution in [3.05, 3.63) is 71.8 Å². The summed E-state index contributed by atoms with van der Waals surface area (Å²) in [5.74, 6) is 0.774. The van der Waals surface area contributed by atoms with Gasteiger partial charge in [0.15, 0.2) is 0 Å². The highest BCUT2D eigenvalue weighted by Gasteiger charge is 2.26. The van der Waals surface area contributed by atoms with Gasteiger partial charge < -0.3 is 4.74 Å². The lowest BCUT2D eigenvalue weighted by Crippen LogP contribution is -2.41. The highest BCUT2D eigenvalue weighted by Crippen LogP contribution is 2.18. The second kappa shape index (κ2) is 10.2. The summed E-state index contributed by atoms with van der Waals surface area (Å²) in [4.78, 5) is 14.6. The van der Waals surface area contributed by atoms with Crippen molar-refractivity contribution in [1.82, 2.24) is 4.90 Å².